The largest absolute Gasteiger partial charge is 0.496 e. The van der Waals surface area contributed by atoms with E-state index in [4.69, 9.17) is 9.47 Å². The lowest BCUT2D eigenvalue weighted by Crippen LogP contribution is -1.88. The summed E-state index contributed by atoms with van der Waals surface area (Å²) in [5.74, 6) is 1.67. The molecule has 0 heterocycles. The summed E-state index contributed by atoms with van der Waals surface area (Å²) in [6, 6.07) is 12.7. The molecule has 0 saturated carbocycles. The van der Waals surface area contributed by atoms with Gasteiger partial charge in [-0.05, 0) is 24.3 Å². The van der Waals surface area contributed by atoms with Crippen molar-refractivity contribution in [1.29, 1.82) is 0 Å². The highest BCUT2D eigenvalue weighted by molar-refractivity contribution is 5.92. The van der Waals surface area contributed by atoms with Crippen molar-refractivity contribution in [1.82, 2.24) is 0 Å². The quantitative estimate of drug-likeness (QED) is 0.719. The normalized spacial score (nSPS) is 10.1. The first-order chi connectivity index (χ1) is 6.86. The van der Waals surface area contributed by atoms with Crippen LogP contribution < -0.4 is 9.47 Å². The molecular formula is C12H11O2. The van der Waals surface area contributed by atoms with Crippen LogP contribution in [0.25, 0.3) is 10.8 Å². The number of methoxy groups -OCH3 is 2. The Kier molecular flexibility index (Phi) is 2.27. The fraction of sp³-hybridized carbons (Fsp3) is 0.167. The first kappa shape index (κ1) is 8.88. The molecule has 0 bridgehead atoms. The summed E-state index contributed by atoms with van der Waals surface area (Å²) in [6.07, 6.45) is 0. The van der Waals surface area contributed by atoms with E-state index < -0.39 is 0 Å². The molecule has 0 aliphatic rings. The Morgan fingerprint density at radius 1 is 1.00 bits per heavy atom. The Morgan fingerprint density at radius 2 is 1.79 bits per heavy atom. The van der Waals surface area contributed by atoms with Gasteiger partial charge in [0.25, 0.3) is 0 Å². The lowest BCUT2D eigenvalue weighted by atomic mass is 10.1. The van der Waals surface area contributed by atoms with Gasteiger partial charge in [0.2, 0.25) is 0 Å². The Balaban J connectivity index is 2.77. The molecule has 0 spiro atoms. The summed E-state index contributed by atoms with van der Waals surface area (Å²) in [6.45, 7) is 0. The summed E-state index contributed by atoms with van der Waals surface area (Å²) in [5, 5.41) is 1.98. The van der Waals surface area contributed by atoms with Crippen LogP contribution >= 0.6 is 0 Å². The van der Waals surface area contributed by atoms with Gasteiger partial charge in [0.15, 0.2) is 0 Å². The van der Waals surface area contributed by atoms with Gasteiger partial charge in [-0.3, -0.25) is 0 Å². The number of benzene rings is 2. The van der Waals surface area contributed by atoms with E-state index in [0.717, 1.165) is 22.3 Å². The van der Waals surface area contributed by atoms with Gasteiger partial charge in [-0.25, -0.2) is 0 Å². The smallest absolute Gasteiger partial charge is 0.127 e. The van der Waals surface area contributed by atoms with E-state index in [1.165, 1.54) is 0 Å². The molecule has 0 fully saturated rings. The van der Waals surface area contributed by atoms with Gasteiger partial charge in [0.1, 0.15) is 11.5 Å². The first-order valence-corrected chi connectivity index (χ1v) is 4.38. The van der Waals surface area contributed by atoms with Crippen molar-refractivity contribution in [2.75, 3.05) is 14.2 Å². The number of ether oxygens (including phenoxy) is 2. The minimum atomic E-state index is 0.821. The molecule has 0 aliphatic heterocycles. The predicted molar refractivity (Wildman–Crippen MR) is 55.9 cm³/mol. The summed E-state index contributed by atoms with van der Waals surface area (Å²) in [7, 11) is 3.32. The minimum Gasteiger partial charge on any atom is -0.496 e. The van der Waals surface area contributed by atoms with Crippen molar-refractivity contribution < 1.29 is 9.47 Å². The minimum absolute atomic E-state index is 0.821. The number of hydrogen-bond donors (Lipinski definition) is 0. The highest BCUT2D eigenvalue weighted by atomic mass is 16.5. The van der Waals surface area contributed by atoms with Gasteiger partial charge in [0, 0.05) is 10.8 Å². The van der Waals surface area contributed by atoms with Crippen molar-refractivity contribution in [3.63, 3.8) is 0 Å². The highest BCUT2D eigenvalue weighted by Crippen LogP contribution is 2.30. The zero-order valence-corrected chi connectivity index (χ0v) is 8.20. The first-order valence-electron chi connectivity index (χ1n) is 4.38. The molecule has 2 rings (SSSR count). The Labute approximate surface area is 83.1 Å². The van der Waals surface area contributed by atoms with Crippen LogP contribution in [0.3, 0.4) is 0 Å². The average molecular weight is 187 g/mol. The van der Waals surface area contributed by atoms with Crippen LogP contribution in [0.1, 0.15) is 0 Å². The monoisotopic (exact) mass is 187 g/mol. The number of fused-ring (bicyclic) bond motifs is 1. The predicted octanol–water partition coefficient (Wildman–Crippen LogP) is 2.66. The summed E-state index contributed by atoms with van der Waals surface area (Å²) in [5.41, 5.74) is 0. The van der Waals surface area contributed by atoms with Crippen LogP contribution in [0.5, 0.6) is 11.5 Å². The van der Waals surface area contributed by atoms with E-state index in [1.54, 1.807) is 14.2 Å². The molecule has 0 aliphatic carbocycles. The third kappa shape index (κ3) is 1.29. The van der Waals surface area contributed by atoms with Gasteiger partial charge in [-0.2, -0.15) is 0 Å². The van der Waals surface area contributed by atoms with E-state index >= 15 is 0 Å². The van der Waals surface area contributed by atoms with Crippen molar-refractivity contribution in [3.8, 4) is 11.5 Å². The van der Waals surface area contributed by atoms with Crippen LogP contribution in [-0.4, -0.2) is 14.2 Å². The molecule has 0 amide bonds. The van der Waals surface area contributed by atoms with Gasteiger partial charge >= 0.3 is 0 Å². The second-order valence-corrected chi connectivity index (χ2v) is 2.93. The van der Waals surface area contributed by atoms with Crippen LogP contribution in [0.2, 0.25) is 0 Å². The van der Waals surface area contributed by atoms with Crippen molar-refractivity contribution in [2.45, 2.75) is 0 Å². The maximum absolute atomic E-state index is 5.25. The van der Waals surface area contributed by atoms with Crippen molar-refractivity contribution >= 4 is 10.8 Å². The molecule has 0 saturated heterocycles. The summed E-state index contributed by atoms with van der Waals surface area (Å²) < 4.78 is 10.5. The molecule has 0 N–H and O–H groups in total. The number of hydrogen-bond acceptors (Lipinski definition) is 2. The lowest BCUT2D eigenvalue weighted by molar-refractivity contribution is 0.415. The van der Waals surface area contributed by atoms with Crippen LogP contribution in [-0.2, 0) is 0 Å². The van der Waals surface area contributed by atoms with Crippen LogP contribution in [0.4, 0.5) is 0 Å². The zero-order chi connectivity index (χ0) is 9.97. The fourth-order valence-corrected chi connectivity index (χ4v) is 1.52. The molecule has 0 atom stereocenters. The third-order valence-electron chi connectivity index (χ3n) is 2.19. The molecule has 0 unspecified atom stereocenters. The molecular weight excluding hydrogens is 176 g/mol. The molecule has 2 aromatic carbocycles. The maximum atomic E-state index is 5.25. The molecule has 2 nitrogen and oxygen atoms in total. The second-order valence-electron chi connectivity index (χ2n) is 2.93. The third-order valence-corrected chi connectivity index (χ3v) is 2.19. The topological polar surface area (TPSA) is 18.5 Å². The van der Waals surface area contributed by atoms with Gasteiger partial charge in [-0.1, -0.05) is 12.1 Å². The van der Waals surface area contributed by atoms with Gasteiger partial charge in [0.05, 0.1) is 14.2 Å². The van der Waals surface area contributed by atoms with E-state index in [0.29, 0.717) is 0 Å². The van der Waals surface area contributed by atoms with Crippen molar-refractivity contribution in [2.24, 2.45) is 0 Å². The van der Waals surface area contributed by atoms with Gasteiger partial charge in [-0.15, -0.1) is 0 Å². The zero-order valence-electron chi connectivity index (χ0n) is 8.20. The Morgan fingerprint density at radius 3 is 2.50 bits per heavy atom. The average Bonchev–Trinajstić information content (AvgIpc) is 2.27. The van der Waals surface area contributed by atoms with Crippen molar-refractivity contribution in [3.05, 3.63) is 36.4 Å². The van der Waals surface area contributed by atoms with E-state index in [9.17, 15) is 0 Å². The van der Waals surface area contributed by atoms with E-state index in [-0.39, 0.29) is 0 Å². The molecule has 0 aromatic heterocycles. The molecule has 14 heavy (non-hydrogen) atoms. The fourth-order valence-electron chi connectivity index (χ4n) is 1.52. The Bertz CT molecular complexity index is 406. The summed E-state index contributed by atoms with van der Waals surface area (Å²) in [4.78, 5) is 0. The van der Waals surface area contributed by atoms with Gasteiger partial charge < -0.3 is 9.47 Å². The highest BCUT2D eigenvalue weighted by Gasteiger charge is 2.04. The summed E-state index contributed by atoms with van der Waals surface area (Å²) >= 11 is 0. The number of rotatable bonds is 2. The molecule has 2 heteroatoms. The lowest BCUT2D eigenvalue weighted by Gasteiger charge is -2.07. The maximum Gasteiger partial charge on any atom is 0.127 e. The second kappa shape index (κ2) is 3.58. The molecule has 1 radical (unpaired) electrons. The molecule has 2 aromatic rings. The Hall–Kier alpha value is -1.70. The SMILES string of the molecule is COc1cccc2c(OC)cc[c]c12. The standard InChI is InChI=1S/C12H11O2/c1-13-11-7-3-6-10-9(11)5-4-8-12(10)14-2/h3-5,7-8H,1-2H3. The van der Waals surface area contributed by atoms with E-state index in [1.807, 2.05) is 30.3 Å². The van der Waals surface area contributed by atoms with Crippen LogP contribution in [0, 0.1) is 6.07 Å². The van der Waals surface area contributed by atoms with Crippen LogP contribution in [0.15, 0.2) is 30.3 Å². The molecule has 71 valence electrons. The van der Waals surface area contributed by atoms with E-state index in [2.05, 4.69) is 6.07 Å².